The van der Waals surface area contributed by atoms with Gasteiger partial charge in [0.2, 0.25) is 0 Å². The Morgan fingerprint density at radius 3 is 2.47 bits per heavy atom. The van der Waals surface area contributed by atoms with Crippen LogP contribution in [-0.4, -0.2) is 7.85 Å². The van der Waals surface area contributed by atoms with Gasteiger partial charge in [-0.2, -0.15) is 0 Å². The Morgan fingerprint density at radius 2 is 1.63 bits per heavy atom. The molecule has 1 nitrogen and oxygen atoms in total. The maximum atomic E-state index is 5.94. The Morgan fingerprint density at radius 1 is 0.842 bits per heavy atom. The predicted octanol–water partition coefficient (Wildman–Crippen LogP) is 4.14. The molecule has 3 aromatic carbocycles. The highest BCUT2D eigenvalue weighted by Crippen LogP contribution is 2.36. The topological polar surface area (TPSA) is 13.1 Å². The molecule has 3 heteroatoms. The zero-order valence-corrected chi connectivity index (χ0v) is 12.1. The van der Waals surface area contributed by atoms with Crippen LogP contribution in [0.2, 0.25) is 0 Å². The van der Waals surface area contributed by atoms with Crippen molar-refractivity contribution in [2.75, 3.05) is 0 Å². The van der Waals surface area contributed by atoms with E-state index < -0.39 is 0 Å². The molecule has 0 aliphatic carbocycles. The van der Waals surface area contributed by atoms with E-state index in [1.54, 1.807) is 0 Å². The molecule has 0 bridgehead atoms. The van der Waals surface area contributed by atoms with Gasteiger partial charge in [-0.1, -0.05) is 41.9 Å². The molecule has 88 valence electrons. The molecule has 0 unspecified atom stereocenters. The number of rotatable bonds is 0. The third-order valence-corrected chi connectivity index (χ3v) is 4.34. The summed E-state index contributed by atoms with van der Waals surface area (Å²) in [4.78, 5) is 0. The largest absolute Gasteiger partial charge is 0.456 e. The van der Waals surface area contributed by atoms with Crippen molar-refractivity contribution in [1.29, 1.82) is 0 Å². The van der Waals surface area contributed by atoms with Crippen molar-refractivity contribution in [2.24, 2.45) is 0 Å². The Balaban J connectivity index is 2.36. The second-order valence-corrected chi connectivity index (χ2v) is 5.80. The van der Waals surface area contributed by atoms with Gasteiger partial charge in [-0.15, -0.1) is 0 Å². The molecule has 0 atom stereocenters. The molecule has 1 heterocycles. The summed E-state index contributed by atoms with van der Waals surface area (Å²) >= 11 is 2.35. The molecule has 0 spiro atoms. The highest BCUT2D eigenvalue weighted by atomic mass is 127. The minimum atomic E-state index is 0.762. The van der Waals surface area contributed by atoms with E-state index in [1.165, 1.54) is 14.3 Å². The van der Waals surface area contributed by atoms with Crippen LogP contribution in [-0.2, 0) is 0 Å². The van der Waals surface area contributed by atoms with Crippen molar-refractivity contribution in [2.45, 2.75) is 0 Å². The molecule has 4 aromatic rings. The van der Waals surface area contributed by atoms with Crippen molar-refractivity contribution >= 4 is 68.6 Å². The Labute approximate surface area is 125 Å². The summed E-state index contributed by atoms with van der Waals surface area (Å²) in [6.45, 7) is 0. The fraction of sp³-hybridized carbons (Fsp3) is 0. The summed E-state index contributed by atoms with van der Waals surface area (Å²) in [5.41, 5.74) is 2.57. The van der Waals surface area contributed by atoms with E-state index in [0.717, 1.165) is 27.4 Å². The molecule has 0 saturated carbocycles. The summed E-state index contributed by atoms with van der Waals surface area (Å²) in [7, 11) is 5.90. The molecule has 19 heavy (non-hydrogen) atoms. The molecule has 0 aliphatic heterocycles. The maximum Gasteiger partial charge on any atom is 0.137 e. The molecule has 2 radical (unpaired) electrons. The number of benzene rings is 3. The standard InChI is InChI=1S/C16H8BIO/c17-9-5-6-14-12(7-9)16-11-4-2-1-3-10(11)13(18)8-15(16)19-14/h1-8H. The molecule has 0 amide bonds. The smallest absolute Gasteiger partial charge is 0.137 e. The molecular formula is C16H8BIO. The predicted molar refractivity (Wildman–Crippen MR) is 89.3 cm³/mol. The van der Waals surface area contributed by atoms with Crippen LogP contribution in [0.5, 0.6) is 0 Å². The van der Waals surface area contributed by atoms with Crippen molar-refractivity contribution in [3.05, 3.63) is 52.1 Å². The van der Waals surface area contributed by atoms with Gasteiger partial charge in [0.15, 0.2) is 0 Å². The minimum absolute atomic E-state index is 0.762. The first-order valence-corrected chi connectivity index (χ1v) is 7.11. The summed E-state index contributed by atoms with van der Waals surface area (Å²) < 4.78 is 7.14. The van der Waals surface area contributed by atoms with E-state index >= 15 is 0 Å². The van der Waals surface area contributed by atoms with Gasteiger partial charge in [0.05, 0.1) is 0 Å². The molecule has 0 N–H and O–H groups in total. The second-order valence-electron chi connectivity index (χ2n) is 4.63. The highest BCUT2D eigenvalue weighted by molar-refractivity contribution is 14.1. The van der Waals surface area contributed by atoms with Crippen LogP contribution in [0.1, 0.15) is 0 Å². The van der Waals surface area contributed by atoms with Gasteiger partial charge in [-0.25, -0.2) is 0 Å². The molecule has 0 fully saturated rings. The first-order chi connectivity index (χ1) is 9.24. The van der Waals surface area contributed by atoms with E-state index in [4.69, 9.17) is 12.3 Å². The van der Waals surface area contributed by atoms with Gasteiger partial charge >= 0.3 is 0 Å². The van der Waals surface area contributed by atoms with E-state index in [1.807, 2.05) is 18.2 Å². The van der Waals surface area contributed by atoms with Crippen molar-refractivity contribution < 1.29 is 4.42 Å². The van der Waals surface area contributed by atoms with Crippen LogP contribution < -0.4 is 5.46 Å². The third-order valence-electron chi connectivity index (χ3n) is 3.45. The van der Waals surface area contributed by atoms with Crippen LogP contribution in [0.3, 0.4) is 0 Å². The molecular weight excluding hydrogens is 346 g/mol. The minimum Gasteiger partial charge on any atom is -0.456 e. The van der Waals surface area contributed by atoms with E-state index in [-0.39, 0.29) is 0 Å². The summed E-state index contributed by atoms with van der Waals surface area (Å²) in [5, 5.41) is 4.70. The Hall–Kier alpha value is -1.49. The van der Waals surface area contributed by atoms with Gasteiger partial charge in [0.25, 0.3) is 0 Å². The van der Waals surface area contributed by atoms with Gasteiger partial charge < -0.3 is 4.42 Å². The Kier molecular flexibility index (Phi) is 2.39. The monoisotopic (exact) mass is 354 g/mol. The zero-order valence-electron chi connectivity index (χ0n) is 9.98. The Bertz CT molecular complexity index is 940. The lowest BCUT2D eigenvalue weighted by Gasteiger charge is -2.02. The van der Waals surface area contributed by atoms with E-state index in [0.29, 0.717) is 0 Å². The first kappa shape index (κ1) is 11.4. The fourth-order valence-electron chi connectivity index (χ4n) is 2.62. The average Bonchev–Trinajstić information content (AvgIpc) is 2.76. The lowest BCUT2D eigenvalue weighted by Crippen LogP contribution is -1.98. The van der Waals surface area contributed by atoms with Crippen LogP contribution in [0, 0.1) is 3.57 Å². The normalized spacial score (nSPS) is 11.6. The van der Waals surface area contributed by atoms with Crippen molar-refractivity contribution in [3.63, 3.8) is 0 Å². The summed E-state index contributed by atoms with van der Waals surface area (Å²) in [5.74, 6) is 0. The van der Waals surface area contributed by atoms with E-state index in [2.05, 4.69) is 52.9 Å². The van der Waals surface area contributed by atoms with Crippen molar-refractivity contribution in [1.82, 2.24) is 0 Å². The van der Waals surface area contributed by atoms with E-state index in [9.17, 15) is 0 Å². The number of hydrogen-bond donors (Lipinski definition) is 0. The number of furan rings is 1. The van der Waals surface area contributed by atoms with Gasteiger partial charge in [0, 0.05) is 14.3 Å². The highest BCUT2D eigenvalue weighted by Gasteiger charge is 2.12. The number of fused-ring (bicyclic) bond motifs is 5. The number of hydrogen-bond acceptors (Lipinski definition) is 1. The van der Waals surface area contributed by atoms with Crippen molar-refractivity contribution in [3.8, 4) is 0 Å². The quantitative estimate of drug-likeness (QED) is 0.342. The first-order valence-electron chi connectivity index (χ1n) is 6.03. The second kappa shape index (κ2) is 4.00. The van der Waals surface area contributed by atoms with Crippen LogP contribution in [0.15, 0.2) is 52.9 Å². The maximum absolute atomic E-state index is 5.94. The van der Waals surface area contributed by atoms with Gasteiger partial charge in [0.1, 0.15) is 19.0 Å². The average molecular weight is 354 g/mol. The third kappa shape index (κ3) is 1.61. The molecule has 4 rings (SSSR count). The molecule has 1 aromatic heterocycles. The van der Waals surface area contributed by atoms with Crippen LogP contribution in [0.4, 0.5) is 0 Å². The number of halogens is 1. The SMILES string of the molecule is [B]c1ccc2oc3cc(I)c4ccccc4c3c2c1. The lowest BCUT2D eigenvalue weighted by atomic mass is 9.94. The zero-order chi connectivity index (χ0) is 13.0. The summed E-state index contributed by atoms with van der Waals surface area (Å²) in [6.07, 6.45) is 0. The fourth-order valence-corrected chi connectivity index (χ4v) is 3.37. The van der Waals surface area contributed by atoms with Crippen LogP contribution >= 0.6 is 22.6 Å². The molecule has 0 aliphatic rings. The van der Waals surface area contributed by atoms with Gasteiger partial charge in [-0.3, -0.25) is 0 Å². The van der Waals surface area contributed by atoms with Crippen LogP contribution in [0.25, 0.3) is 32.7 Å². The van der Waals surface area contributed by atoms with Gasteiger partial charge in [-0.05, 0) is 45.5 Å². The summed E-state index contributed by atoms with van der Waals surface area (Å²) in [6, 6.07) is 16.3. The lowest BCUT2D eigenvalue weighted by molar-refractivity contribution is 0.669. The molecule has 0 saturated heterocycles.